The monoisotopic (exact) mass is 986 g/mol. The fourth-order valence-corrected chi connectivity index (χ4v) is 6.87. The van der Waals surface area contributed by atoms with Gasteiger partial charge in [0.05, 0.1) is 37.6 Å². The molecular formula is C40H29F11N10O4S2. The fraction of sp³-hybridized carbons (Fsp3) is 0.200. The van der Waals surface area contributed by atoms with Crippen molar-refractivity contribution in [3.05, 3.63) is 124 Å². The molecule has 14 nitrogen and oxygen atoms in total. The van der Waals surface area contributed by atoms with Gasteiger partial charge in [0.2, 0.25) is 5.75 Å². The highest BCUT2D eigenvalue weighted by molar-refractivity contribution is 7.16. The van der Waals surface area contributed by atoms with Crippen molar-refractivity contribution >= 4 is 55.0 Å². The second-order valence-electron chi connectivity index (χ2n) is 13.1. The second kappa shape index (κ2) is 21.3. The maximum atomic E-state index is 14.2. The molecule has 0 aliphatic rings. The van der Waals surface area contributed by atoms with Crippen molar-refractivity contribution in [2.24, 2.45) is 0 Å². The van der Waals surface area contributed by atoms with Gasteiger partial charge in [0, 0.05) is 13.1 Å². The third-order valence-corrected chi connectivity index (χ3v) is 10.2. The summed E-state index contributed by atoms with van der Waals surface area (Å²) < 4.78 is 154. The Hall–Kier alpha value is -7.29. The first kappa shape index (κ1) is 49.2. The number of anilines is 2. The van der Waals surface area contributed by atoms with E-state index in [-0.39, 0.29) is 29.6 Å². The zero-order chi connectivity index (χ0) is 48.5. The Balaban J connectivity index is 0.000000185. The average Bonchev–Trinajstić information content (AvgIpc) is 3.99. The predicted molar refractivity (Wildman–Crippen MR) is 221 cm³/mol. The molecule has 67 heavy (non-hydrogen) atoms. The third-order valence-electron chi connectivity index (χ3n) is 8.75. The van der Waals surface area contributed by atoms with E-state index >= 15 is 0 Å². The number of hydrogen-bond acceptors (Lipinski definition) is 16. The first-order valence-electron chi connectivity index (χ1n) is 18.6. The highest BCUT2D eigenvalue weighted by atomic mass is 32.1. The molecule has 0 radical (unpaired) electrons. The van der Waals surface area contributed by atoms with E-state index in [0.29, 0.717) is 36.6 Å². The van der Waals surface area contributed by atoms with Gasteiger partial charge in [-0.1, -0.05) is 12.1 Å². The number of phenolic OH excluding ortho intramolecular Hbond substituents is 1. The maximum Gasteiger partial charge on any atom is 0.436 e. The Morgan fingerprint density at radius 1 is 0.567 bits per heavy atom. The number of benzene rings is 2. The second-order valence-corrected chi connectivity index (χ2v) is 14.7. The number of nitrogens with zero attached hydrogens (tertiary/aromatic N) is 8. The van der Waals surface area contributed by atoms with E-state index in [1.165, 1.54) is 55.6 Å². The average molecular weight is 987 g/mol. The molecule has 0 amide bonds. The molecule has 2 aromatic carbocycles. The summed E-state index contributed by atoms with van der Waals surface area (Å²) in [5.41, 5.74) is 2.78. The van der Waals surface area contributed by atoms with E-state index in [9.17, 15) is 53.4 Å². The number of fused-ring (bicyclic) bond motifs is 2. The van der Waals surface area contributed by atoms with Crippen LogP contribution in [0, 0.1) is 29.1 Å². The molecule has 0 aliphatic carbocycles. The van der Waals surface area contributed by atoms with Crippen LogP contribution in [0.3, 0.4) is 0 Å². The summed E-state index contributed by atoms with van der Waals surface area (Å²) in [5, 5.41) is 16.0. The van der Waals surface area contributed by atoms with Gasteiger partial charge in [-0.15, -0.1) is 22.7 Å². The number of pyridine rings is 2. The molecule has 8 aromatic rings. The van der Waals surface area contributed by atoms with Crippen LogP contribution in [0.25, 0.3) is 20.7 Å². The third kappa shape index (κ3) is 12.1. The van der Waals surface area contributed by atoms with Crippen molar-refractivity contribution in [1.29, 1.82) is 0 Å². The lowest BCUT2D eigenvalue weighted by molar-refractivity contribution is -0.144. The highest BCUT2D eigenvalue weighted by Crippen LogP contribution is 2.39. The standard InChI is InChI=1S/C20H14F5N5O2S.C14H14N4O2S.C6HF6N/c1-31-13-6-10(4-5-26-18-15-19(29-8-28-18)33-9-30-15)2-3-12(13)32-16-11(21)7-27-17(14(16)22)20(23,24)25;1-20-11-6-9(2-3-10(11)19)4-5-15-13-12-14(17-7-16-13)21-8-18-12;7-2-1-13-5(6(10,11)12)4(9)3(2)8/h2-3,6-9H,4-5H2,1H3,(H,26,28,29);2-3,6-8,19H,4-5H2,1H3,(H,15,16,17);1H. The van der Waals surface area contributed by atoms with Crippen LogP contribution in [-0.4, -0.2) is 72.3 Å². The Labute approximate surface area is 377 Å². The van der Waals surface area contributed by atoms with Crippen LogP contribution in [0.2, 0.25) is 0 Å². The van der Waals surface area contributed by atoms with E-state index in [2.05, 4.69) is 50.5 Å². The largest absolute Gasteiger partial charge is 0.504 e. The highest BCUT2D eigenvalue weighted by Gasteiger charge is 2.39. The van der Waals surface area contributed by atoms with Crippen molar-refractivity contribution in [2.75, 3.05) is 37.9 Å². The molecule has 0 unspecified atom stereocenters. The molecular weight excluding hydrogens is 958 g/mol. The molecule has 3 N–H and O–H groups in total. The molecule has 0 bridgehead atoms. The molecule has 0 fully saturated rings. The van der Waals surface area contributed by atoms with Crippen LogP contribution >= 0.6 is 22.7 Å². The number of halogens is 11. The molecule has 27 heteroatoms. The van der Waals surface area contributed by atoms with Crippen molar-refractivity contribution in [2.45, 2.75) is 25.2 Å². The maximum absolute atomic E-state index is 14.2. The number of ether oxygens (including phenoxy) is 3. The molecule has 8 rings (SSSR count). The number of nitrogens with one attached hydrogen (secondary N) is 2. The molecule has 0 aliphatic heterocycles. The number of methoxy groups -OCH3 is 2. The number of rotatable bonds is 12. The normalized spacial score (nSPS) is 11.4. The van der Waals surface area contributed by atoms with Gasteiger partial charge in [-0.3, -0.25) is 0 Å². The number of hydrogen-bond donors (Lipinski definition) is 3. The molecule has 6 aromatic heterocycles. The topological polar surface area (TPSA) is 175 Å². The van der Waals surface area contributed by atoms with E-state index < -0.39 is 58.6 Å². The van der Waals surface area contributed by atoms with Gasteiger partial charge in [0.25, 0.3) is 0 Å². The predicted octanol–water partition coefficient (Wildman–Crippen LogP) is 10.2. The number of thiazole rings is 2. The number of aromatic nitrogens is 8. The summed E-state index contributed by atoms with van der Waals surface area (Å²) in [6, 6.07) is 9.84. The summed E-state index contributed by atoms with van der Waals surface area (Å²) in [4.78, 5) is 31.9. The molecule has 0 saturated heterocycles. The Morgan fingerprint density at radius 3 is 1.58 bits per heavy atom. The van der Waals surface area contributed by atoms with Crippen molar-refractivity contribution in [3.8, 4) is 28.7 Å². The van der Waals surface area contributed by atoms with Crippen molar-refractivity contribution < 1.29 is 67.6 Å². The van der Waals surface area contributed by atoms with Crippen LogP contribution in [0.1, 0.15) is 22.5 Å². The lowest BCUT2D eigenvalue weighted by Crippen LogP contribution is -2.13. The summed E-state index contributed by atoms with van der Waals surface area (Å²) in [6.45, 7) is 1.17. The summed E-state index contributed by atoms with van der Waals surface area (Å²) in [5.74, 6) is -8.94. The summed E-state index contributed by atoms with van der Waals surface area (Å²) >= 11 is 2.88. The van der Waals surface area contributed by atoms with E-state index in [1.54, 1.807) is 29.2 Å². The summed E-state index contributed by atoms with van der Waals surface area (Å²) in [7, 11) is 2.83. The van der Waals surface area contributed by atoms with E-state index in [4.69, 9.17) is 14.2 Å². The number of aromatic hydroxyl groups is 1. The van der Waals surface area contributed by atoms with Gasteiger partial charge in [-0.25, -0.2) is 61.8 Å². The lowest BCUT2D eigenvalue weighted by atomic mass is 10.1. The number of phenols is 1. The van der Waals surface area contributed by atoms with Gasteiger partial charge in [0.1, 0.15) is 33.3 Å². The van der Waals surface area contributed by atoms with Crippen LogP contribution in [0.4, 0.5) is 59.9 Å². The van der Waals surface area contributed by atoms with Gasteiger partial charge in [-0.2, -0.15) is 26.3 Å². The Morgan fingerprint density at radius 2 is 1.06 bits per heavy atom. The Bertz CT molecular complexity index is 2980. The van der Waals surface area contributed by atoms with E-state index in [0.717, 1.165) is 38.5 Å². The van der Waals surface area contributed by atoms with Gasteiger partial charge in [-0.05, 0) is 48.2 Å². The number of alkyl halides is 6. The van der Waals surface area contributed by atoms with Crippen LogP contribution in [-0.2, 0) is 25.2 Å². The van der Waals surface area contributed by atoms with E-state index in [1.807, 2.05) is 12.1 Å². The van der Waals surface area contributed by atoms with Crippen LogP contribution < -0.4 is 24.8 Å². The zero-order valence-electron chi connectivity index (χ0n) is 34.0. The lowest BCUT2D eigenvalue weighted by Gasteiger charge is -2.15. The van der Waals surface area contributed by atoms with Crippen LogP contribution in [0.15, 0.2) is 72.5 Å². The van der Waals surface area contributed by atoms with Crippen LogP contribution in [0.5, 0.6) is 28.7 Å². The Kier molecular flexibility index (Phi) is 15.7. The summed E-state index contributed by atoms with van der Waals surface area (Å²) in [6.07, 6.45) is -5.76. The minimum atomic E-state index is -5.13. The molecule has 0 atom stereocenters. The first-order chi connectivity index (χ1) is 31.9. The van der Waals surface area contributed by atoms with Gasteiger partial charge in [0.15, 0.2) is 75.1 Å². The SMILES string of the molecule is COc1cc(CCNc2ncnc3scnc23)ccc1O.COc1cc(CCNc2ncnc3scnc23)ccc1Oc1c(F)cnc(C(F)(F)F)c1F.Fc1cnc(C(F)(F)F)c(F)c1F. The minimum absolute atomic E-state index is 0.0266. The molecule has 352 valence electrons. The van der Waals surface area contributed by atoms with Gasteiger partial charge < -0.3 is 30.0 Å². The van der Waals surface area contributed by atoms with Gasteiger partial charge >= 0.3 is 12.4 Å². The van der Waals surface area contributed by atoms with Crippen molar-refractivity contribution in [3.63, 3.8) is 0 Å². The molecule has 6 heterocycles. The molecule has 0 spiro atoms. The fourth-order valence-electron chi connectivity index (χ4n) is 5.62. The minimum Gasteiger partial charge on any atom is -0.504 e. The molecule has 0 saturated carbocycles. The zero-order valence-corrected chi connectivity index (χ0v) is 35.6. The van der Waals surface area contributed by atoms with Crippen molar-refractivity contribution in [1.82, 2.24) is 39.9 Å². The quantitative estimate of drug-likeness (QED) is 0.0986. The first-order valence-corrected chi connectivity index (χ1v) is 20.4. The smallest absolute Gasteiger partial charge is 0.436 e.